The molecular weight excluding hydrogens is 384 g/mol. The van der Waals surface area contributed by atoms with Crippen molar-refractivity contribution >= 4 is 27.8 Å². The van der Waals surface area contributed by atoms with Gasteiger partial charge in [0.15, 0.2) is 5.69 Å². The lowest BCUT2D eigenvalue weighted by atomic mass is 9.99. The van der Waals surface area contributed by atoms with Crippen molar-refractivity contribution in [1.82, 2.24) is 9.78 Å². The molecule has 0 saturated heterocycles. The normalized spacial score (nSPS) is 11.6. The van der Waals surface area contributed by atoms with E-state index in [0.29, 0.717) is 27.4 Å². The van der Waals surface area contributed by atoms with Crippen molar-refractivity contribution in [3.8, 4) is 28.5 Å². The molecule has 0 spiro atoms. The number of halogens is 1. The van der Waals surface area contributed by atoms with Crippen LogP contribution in [0.4, 0.5) is 0 Å². The lowest BCUT2D eigenvalue weighted by Gasteiger charge is -2.08. The van der Waals surface area contributed by atoms with Gasteiger partial charge in [0.05, 0.1) is 4.90 Å². The van der Waals surface area contributed by atoms with Gasteiger partial charge < -0.3 is 0 Å². The lowest BCUT2D eigenvalue weighted by molar-refractivity contribution is 0.598. The molecule has 2 aromatic carbocycles. The average Bonchev–Trinajstić information content (AvgIpc) is 3.00. The maximum absolute atomic E-state index is 12.1. The Kier molecular flexibility index (Phi) is 5.15. The van der Waals surface area contributed by atoms with Gasteiger partial charge in [-0.05, 0) is 30.7 Å². The molecule has 0 aliphatic rings. The van der Waals surface area contributed by atoms with Crippen molar-refractivity contribution in [3.05, 3.63) is 65.3 Å². The SMILES string of the molecule is CC=Cn1nc(-c2ccccc2S(N)(=O)=O)c(-c2ccc(Cl)cc2)c1C#N. The summed E-state index contributed by atoms with van der Waals surface area (Å²) in [7, 11) is -3.98. The van der Waals surface area contributed by atoms with Crippen molar-refractivity contribution in [2.75, 3.05) is 0 Å². The van der Waals surface area contributed by atoms with Gasteiger partial charge in [0, 0.05) is 22.3 Å². The summed E-state index contributed by atoms with van der Waals surface area (Å²) >= 11 is 5.98. The number of aromatic nitrogens is 2. The van der Waals surface area contributed by atoms with Gasteiger partial charge in [-0.25, -0.2) is 18.2 Å². The van der Waals surface area contributed by atoms with Crippen LogP contribution < -0.4 is 5.14 Å². The Morgan fingerprint density at radius 2 is 1.85 bits per heavy atom. The smallest absolute Gasteiger partial charge is 0.229 e. The number of rotatable bonds is 4. The van der Waals surface area contributed by atoms with Crippen LogP contribution in [0, 0.1) is 11.3 Å². The molecule has 3 rings (SSSR count). The van der Waals surface area contributed by atoms with Crippen LogP contribution in [0.25, 0.3) is 28.6 Å². The Balaban J connectivity index is 2.41. The van der Waals surface area contributed by atoms with Gasteiger partial charge in [-0.2, -0.15) is 10.4 Å². The standard InChI is InChI=1S/C19H15ClN4O2S/c1-2-11-24-16(12-21)18(13-7-9-14(20)10-8-13)19(23-24)15-5-3-4-6-17(15)27(22,25)26/h2-11H,1H3,(H2,22,25,26). The van der Waals surface area contributed by atoms with E-state index in [2.05, 4.69) is 11.2 Å². The van der Waals surface area contributed by atoms with Gasteiger partial charge in [-0.1, -0.05) is 48.0 Å². The summed E-state index contributed by atoms with van der Waals surface area (Å²) in [5.41, 5.74) is 2.13. The second-order valence-electron chi connectivity index (χ2n) is 5.66. The van der Waals surface area contributed by atoms with E-state index in [1.54, 1.807) is 61.7 Å². The van der Waals surface area contributed by atoms with Crippen LogP contribution in [-0.4, -0.2) is 18.2 Å². The van der Waals surface area contributed by atoms with Gasteiger partial charge >= 0.3 is 0 Å². The van der Waals surface area contributed by atoms with Gasteiger partial charge in [0.25, 0.3) is 0 Å². The minimum Gasteiger partial charge on any atom is -0.229 e. The molecule has 0 bridgehead atoms. The second kappa shape index (κ2) is 7.37. The highest BCUT2D eigenvalue weighted by Gasteiger charge is 2.24. The van der Waals surface area contributed by atoms with Gasteiger partial charge in [-0.15, -0.1) is 0 Å². The van der Waals surface area contributed by atoms with E-state index in [4.69, 9.17) is 16.7 Å². The quantitative estimate of drug-likeness (QED) is 0.720. The van der Waals surface area contributed by atoms with E-state index in [0.717, 1.165) is 0 Å². The van der Waals surface area contributed by atoms with Crippen LogP contribution in [0.15, 0.2) is 59.5 Å². The summed E-state index contributed by atoms with van der Waals surface area (Å²) in [4.78, 5) is -0.0603. The monoisotopic (exact) mass is 398 g/mol. The van der Waals surface area contributed by atoms with Gasteiger partial charge in [-0.3, -0.25) is 0 Å². The largest absolute Gasteiger partial charge is 0.238 e. The summed E-state index contributed by atoms with van der Waals surface area (Å²) < 4.78 is 25.5. The zero-order valence-corrected chi connectivity index (χ0v) is 15.9. The molecule has 0 atom stereocenters. The fourth-order valence-corrected chi connectivity index (χ4v) is 3.65. The first-order valence-electron chi connectivity index (χ1n) is 7.90. The van der Waals surface area contributed by atoms with Crippen LogP contribution in [0.5, 0.6) is 0 Å². The Labute approximate surface area is 162 Å². The topological polar surface area (TPSA) is 102 Å². The molecule has 0 aliphatic carbocycles. The number of primary sulfonamides is 1. The highest BCUT2D eigenvalue weighted by molar-refractivity contribution is 7.89. The Morgan fingerprint density at radius 3 is 2.44 bits per heavy atom. The highest BCUT2D eigenvalue weighted by Crippen LogP contribution is 2.37. The molecule has 6 nitrogen and oxygen atoms in total. The number of nitriles is 1. The molecule has 0 saturated carbocycles. The van der Waals surface area contributed by atoms with E-state index < -0.39 is 10.0 Å². The third kappa shape index (κ3) is 3.64. The number of hydrogen-bond acceptors (Lipinski definition) is 4. The lowest BCUT2D eigenvalue weighted by Crippen LogP contribution is -2.13. The van der Waals surface area contributed by atoms with Crippen molar-refractivity contribution in [2.24, 2.45) is 5.14 Å². The number of benzene rings is 2. The number of allylic oxidation sites excluding steroid dienone is 1. The Bertz CT molecular complexity index is 1170. The molecule has 136 valence electrons. The van der Waals surface area contributed by atoms with Crippen molar-refractivity contribution < 1.29 is 8.42 Å². The zero-order valence-electron chi connectivity index (χ0n) is 14.3. The second-order valence-corrected chi connectivity index (χ2v) is 7.63. The minimum atomic E-state index is -3.98. The van der Waals surface area contributed by atoms with E-state index in [1.807, 2.05) is 0 Å². The fraction of sp³-hybridized carbons (Fsp3) is 0.0526. The highest BCUT2D eigenvalue weighted by atomic mass is 35.5. The summed E-state index contributed by atoms with van der Waals surface area (Å²) in [6.07, 6.45) is 3.36. The first-order valence-corrected chi connectivity index (χ1v) is 9.82. The third-order valence-electron chi connectivity index (χ3n) is 3.89. The first kappa shape index (κ1) is 18.9. The summed E-state index contributed by atoms with van der Waals surface area (Å²) in [6.45, 7) is 1.79. The van der Waals surface area contributed by atoms with Crippen LogP contribution in [-0.2, 0) is 10.0 Å². The predicted molar refractivity (Wildman–Crippen MR) is 105 cm³/mol. The summed E-state index contributed by atoms with van der Waals surface area (Å²) in [5.74, 6) is 0. The maximum atomic E-state index is 12.1. The molecule has 0 unspecified atom stereocenters. The van der Waals surface area contributed by atoms with Crippen molar-refractivity contribution in [2.45, 2.75) is 11.8 Å². The van der Waals surface area contributed by atoms with Gasteiger partial charge in [0.1, 0.15) is 11.8 Å². The molecule has 1 heterocycles. The third-order valence-corrected chi connectivity index (χ3v) is 5.11. The van der Waals surface area contributed by atoms with Crippen LogP contribution in [0.3, 0.4) is 0 Å². The number of sulfonamides is 1. The van der Waals surface area contributed by atoms with Crippen molar-refractivity contribution in [1.29, 1.82) is 5.26 Å². The summed E-state index contributed by atoms with van der Waals surface area (Å²) in [5, 5.41) is 20.1. The maximum Gasteiger partial charge on any atom is 0.238 e. The van der Waals surface area contributed by atoms with Crippen molar-refractivity contribution in [3.63, 3.8) is 0 Å². The molecule has 1 aromatic heterocycles. The van der Waals surface area contributed by atoms with E-state index >= 15 is 0 Å². The zero-order chi connectivity index (χ0) is 19.6. The molecule has 3 aromatic rings. The summed E-state index contributed by atoms with van der Waals surface area (Å²) in [6, 6.07) is 15.3. The number of hydrogen-bond donors (Lipinski definition) is 1. The Hall–Kier alpha value is -2.92. The molecular formula is C19H15ClN4O2S. The molecule has 0 fully saturated rings. The number of nitrogens with two attached hydrogens (primary N) is 1. The molecule has 0 aliphatic heterocycles. The van der Waals surface area contributed by atoms with E-state index in [-0.39, 0.29) is 10.6 Å². The Morgan fingerprint density at radius 1 is 1.19 bits per heavy atom. The molecule has 0 amide bonds. The minimum absolute atomic E-state index is 0.0603. The molecule has 2 N–H and O–H groups in total. The van der Waals surface area contributed by atoms with Crippen LogP contribution >= 0.6 is 11.6 Å². The molecule has 0 radical (unpaired) electrons. The average molecular weight is 399 g/mol. The fourth-order valence-electron chi connectivity index (χ4n) is 2.78. The molecule has 8 heteroatoms. The number of nitrogens with zero attached hydrogens (tertiary/aromatic N) is 3. The predicted octanol–water partition coefficient (Wildman–Crippen LogP) is 3.88. The first-order chi connectivity index (χ1) is 12.9. The van der Waals surface area contributed by atoms with E-state index in [9.17, 15) is 13.7 Å². The van der Waals surface area contributed by atoms with Crippen LogP contribution in [0.2, 0.25) is 5.02 Å². The molecule has 27 heavy (non-hydrogen) atoms. The van der Waals surface area contributed by atoms with Gasteiger partial charge in [0.2, 0.25) is 10.0 Å². The van der Waals surface area contributed by atoms with Crippen LogP contribution in [0.1, 0.15) is 12.6 Å². The van der Waals surface area contributed by atoms with E-state index in [1.165, 1.54) is 10.7 Å².